The molecule has 2 atom stereocenters. The molecule has 2 fully saturated rings. The number of nitrogens with zero attached hydrogens (tertiary/aromatic N) is 1. The molecule has 0 bridgehead atoms. The van der Waals surface area contributed by atoms with Gasteiger partial charge in [-0.2, -0.15) is 0 Å². The highest BCUT2D eigenvalue weighted by atomic mass is 79.9. The van der Waals surface area contributed by atoms with Crippen LogP contribution in [0.3, 0.4) is 0 Å². The van der Waals surface area contributed by atoms with Crippen LogP contribution in [0, 0.1) is 5.92 Å². The maximum atomic E-state index is 12.8. The van der Waals surface area contributed by atoms with E-state index < -0.39 is 0 Å². The van der Waals surface area contributed by atoms with Gasteiger partial charge in [-0.1, -0.05) is 28.1 Å². The zero-order valence-corrected chi connectivity index (χ0v) is 13.3. The second-order valence-electron chi connectivity index (χ2n) is 6.13. The number of carbonyl (C=O) groups excluding carboxylic acids is 1. The molecule has 3 nitrogen and oxygen atoms in total. The fourth-order valence-electron chi connectivity index (χ4n) is 3.19. The number of halogens is 1. The van der Waals surface area contributed by atoms with Crippen molar-refractivity contribution in [3.63, 3.8) is 0 Å². The molecule has 1 heterocycles. The van der Waals surface area contributed by atoms with Gasteiger partial charge in [-0.15, -0.1) is 0 Å². The number of likely N-dealkylation sites (tertiary alicyclic amines) is 1. The van der Waals surface area contributed by atoms with Gasteiger partial charge in [0.15, 0.2) is 0 Å². The van der Waals surface area contributed by atoms with Crippen LogP contribution >= 0.6 is 15.9 Å². The Morgan fingerprint density at radius 3 is 2.55 bits per heavy atom. The average Bonchev–Trinajstić information content (AvgIpc) is 3.08. The van der Waals surface area contributed by atoms with Crippen molar-refractivity contribution in [1.82, 2.24) is 4.90 Å². The lowest BCUT2D eigenvalue weighted by Crippen LogP contribution is -2.38. The Morgan fingerprint density at radius 2 is 2.05 bits per heavy atom. The Balaban J connectivity index is 1.76. The third-order valence-corrected chi connectivity index (χ3v) is 5.28. The first-order chi connectivity index (χ1) is 9.53. The number of hydrogen-bond donors (Lipinski definition) is 1. The summed E-state index contributed by atoms with van der Waals surface area (Å²) in [5, 5.41) is 9.67. The van der Waals surface area contributed by atoms with Crippen molar-refractivity contribution in [3.05, 3.63) is 34.3 Å². The van der Waals surface area contributed by atoms with E-state index in [9.17, 15) is 9.90 Å². The second-order valence-corrected chi connectivity index (χ2v) is 7.05. The van der Waals surface area contributed by atoms with Crippen LogP contribution in [-0.2, 0) is 10.2 Å². The van der Waals surface area contributed by atoms with Crippen LogP contribution < -0.4 is 0 Å². The minimum Gasteiger partial charge on any atom is -0.393 e. The molecule has 1 N–H and O–H groups in total. The monoisotopic (exact) mass is 337 g/mol. The van der Waals surface area contributed by atoms with Gasteiger partial charge >= 0.3 is 0 Å². The van der Waals surface area contributed by atoms with E-state index in [0.717, 1.165) is 35.8 Å². The van der Waals surface area contributed by atoms with Crippen LogP contribution in [0.4, 0.5) is 0 Å². The first-order valence-electron chi connectivity index (χ1n) is 7.26. The topological polar surface area (TPSA) is 40.5 Å². The molecule has 1 saturated heterocycles. The van der Waals surface area contributed by atoms with Gasteiger partial charge in [0, 0.05) is 23.5 Å². The minimum atomic E-state index is -0.323. The van der Waals surface area contributed by atoms with E-state index in [0.29, 0.717) is 6.54 Å². The summed E-state index contributed by atoms with van der Waals surface area (Å²) in [4.78, 5) is 14.8. The molecule has 4 heteroatoms. The first kappa shape index (κ1) is 14.1. The molecule has 108 valence electrons. The zero-order valence-electron chi connectivity index (χ0n) is 11.7. The van der Waals surface area contributed by atoms with E-state index in [1.165, 1.54) is 0 Å². The van der Waals surface area contributed by atoms with Crippen molar-refractivity contribution in [2.75, 3.05) is 13.1 Å². The van der Waals surface area contributed by atoms with Gasteiger partial charge in [-0.05, 0) is 43.9 Å². The van der Waals surface area contributed by atoms with Crippen LogP contribution in [-0.4, -0.2) is 35.1 Å². The molecule has 2 unspecified atom stereocenters. The summed E-state index contributed by atoms with van der Waals surface area (Å²) >= 11 is 3.44. The highest BCUT2D eigenvalue weighted by molar-refractivity contribution is 9.10. The molecule has 2 aliphatic rings. The Hall–Kier alpha value is -0.870. The average molecular weight is 338 g/mol. The summed E-state index contributed by atoms with van der Waals surface area (Å²) in [6.07, 6.45) is 2.49. The van der Waals surface area contributed by atoms with Crippen molar-refractivity contribution >= 4 is 21.8 Å². The number of rotatable bonds is 3. The van der Waals surface area contributed by atoms with E-state index in [-0.39, 0.29) is 23.3 Å². The minimum absolute atomic E-state index is 0.236. The highest BCUT2D eigenvalue weighted by Gasteiger charge is 2.53. The zero-order chi connectivity index (χ0) is 14.3. The summed E-state index contributed by atoms with van der Waals surface area (Å²) in [6.45, 7) is 3.31. The molecule has 1 aromatic carbocycles. The number of hydrogen-bond acceptors (Lipinski definition) is 2. The second kappa shape index (κ2) is 5.15. The molecule has 1 amide bonds. The summed E-state index contributed by atoms with van der Waals surface area (Å²) in [5.41, 5.74) is 0.847. The third kappa shape index (κ3) is 2.40. The van der Waals surface area contributed by atoms with Gasteiger partial charge in [-0.3, -0.25) is 4.79 Å². The fraction of sp³-hybridized carbons (Fsp3) is 0.562. The molecule has 0 aromatic heterocycles. The van der Waals surface area contributed by atoms with E-state index in [1.54, 1.807) is 0 Å². The maximum absolute atomic E-state index is 12.8. The van der Waals surface area contributed by atoms with Gasteiger partial charge in [0.05, 0.1) is 11.5 Å². The third-order valence-electron chi connectivity index (χ3n) is 4.75. The number of aliphatic hydroxyl groups is 1. The number of aliphatic hydroxyl groups excluding tert-OH is 1. The molecular formula is C16H20BrNO2. The molecule has 1 aliphatic heterocycles. The summed E-state index contributed by atoms with van der Waals surface area (Å²) in [7, 11) is 0. The summed E-state index contributed by atoms with van der Waals surface area (Å²) in [6, 6.07) is 8.12. The van der Waals surface area contributed by atoms with E-state index >= 15 is 0 Å². The van der Waals surface area contributed by atoms with E-state index in [1.807, 2.05) is 24.0 Å². The summed E-state index contributed by atoms with van der Waals surface area (Å²) < 4.78 is 1.04. The Bertz CT molecular complexity index is 508. The number of amides is 1. The smallest absolute Gasteiger partial charge is 0.233 e. The Kier molecular flexibility index (Phi) is 3.63. The standard InChI is InChI=1S/C16H20BrNO2/c1-11(19)12-6-9-18(10-12)15(20)16(7-8-16)13-2-4-14(17)5-3-13/h2-5,11-12,19H,6-10H2,1H3. The number of carbonyl (C=O) groups is 1. The lowest BCUT2D eigenvalue weighted by molar-refractivity contribution is -0.133. The van der Waals surface area contributed by atoms with Gasteiger partial charge in [-0.25, -0.2) is 0 Å². The highest BCUT2D eigenvalue weighted by Crippen LogP contribution is 2.50. The molecular weight excluding hydrogens is 318 g/mol. The van der Waals surface area contributed by atoms with Crippen molar-refractivity contribution in [3.8, 4) is 0 Å². The Labute approximate surface area is 128 Å². The van der Waals surface area contributed by atoms with Crippen molar-refractivity contribution in [2.24, 2.45) is 5.92 Å². The van der Waals surface area contributed by atoms with Crippen LogP contribution in [0.25, 0.3) is 0 Å². The Morgan fingerprint density at radius 1 is 1.40 bits per heavy atom. The van der Waals surface area contributed by atoms with Crippen molar-refractivity contribution < 1.29 is 9.90 Å². The van der Waals surface area contributed by atoms with Gasteiger partial charge in [0.25, 0.3) is 0 Å². The van der Waals surface area contributed by atoms with Crippen molar-refractivity contribution in [2.45, 2.75) is 37.7 Å². The lowest BCUT2D eigenvalue weighted by Gasteiger charge is -2.24. The largest absolute Gasteiger partial charge is 0.393 e. The SMILES string of the molecule is CC(O)C1CCN(C(=O)C2(c3ccc(Br)cc3)CC2)C1. The summed E-state index contributed by atoms with van der Waals surface area (Å²) in [5.74, 6) is 0.489. The number of benzene rings is 1. The lowest BCUT2D eigenvalue weighted by atomic mass is 9.94. The van der Waals surface area contributed by atoms with Gasteiger partial charge in [0.1, 0.15) is 0 Å². The molecule has 20 heavy (non-hydrogen) atoms. The van der Waals surface area contributed by atoms with Crippen LogP contribution in [0.15, 0.2) is 28.7 Å². The van der Waals surface area contributed by atoms with Crippen LogP contribution in [0.2, 0.25) is 0 Å². The molecule has 0 radical (unpaired) electrons. The quantitative estimate of drug-likeness (QED) is 0.921. The normalized spacial score (nSPS) is 25.6. The van der Waals surface area contributed by atoms with Gasteiger partial charge < -0.3 is 10.0 Å². The van der Waals surface area contributed by atoms with Crippen LogP contribution in [0.1, 0.15) is 31.7 Å². The molecule has 1 saturated carbocycles. The molecule has 0 spiro atoms. The predicted molar refractivity (Wildman–Crippen MR) is 81.4 cm³/mol. The first-order valence-corrected chi connectivity index (χ1v) is 8.06. The molecule has 3 rings (SSSR count). The predicted octanol–water partition coefficient (Wildman–Crippen LogP) is 2.71. The van der Waals surface area contributed by atoms with E-state index in [4.69, 9.17) is 0 Å². The van der Waals surface area contributed by atoms with Gasteiger partial charge in [0.2, 0.25) is 5.91 Å². The van der Waals surface area contributed by atoms with E-state index in [2.05, 4.69) is 28.1 Å². The molecule has 1 aromatic rings. The molecule has 1 aliphatic carbocycles. The van der Waals surface area contributed by atoms with Crippen molar-refractivity contribution in [1.29, 1.82) is 0 Å². The van der Waals surface area contributed by atoms with Crippen LogP contribution in [0.5, 0.6) is 0 Å². The fourth-order valence-corrected chi connectivity index (χ4v) is 3.45. The maximum Gasteiger partial charge on any atom is 0.233 e.